The number of aliphatic hydroxyl groups is 1. The Bertz CT molecular complexity index is 871. The largest absolute Gasteiger partial charge is 0.463 e. The molecule has 0 saturated carbocycles. The molecule has 10 nitrogen and oxygen atoms in total. The number of Topliss-reactive ketones (excluding diaryl/α,β-unsaturated/α-hetero) is 1. The lowest BCUT2D eigenvalue weighted by molar-refractivity contribution is -0.295. The zero-order valence-corrected chi connectivity index (χ0v) is 28.5. The summed E-state index contributed by atoms with van der Waals surface area (Å²) in [7, 11) is 9.67. The van der Waals surface area contributed by atoms with Crippen molar-refractivity contribution in [1.29, 1.82) is 0 Å². The van der Waals surface area contributed by atoms with Gasteiger partial charge in [-0.1, -0.05) is 20.8 Å². The summed E-state index contributed by atoms with van der Waals surface area (Å²) >= 11 is 0. The Morgan fingerprint density at radius 1 is 1.12 bits per heavy atom. The standard InChI is InChI=1S/C32H61N3O7/c1-13-34(10)16-14-15-24-20-40-30(38)31(5,6)27(37)23(4)28(32(7,39-12)18-21(2)19-35(24)11)42-29-26(36)25(33(8)9)17-22(3)41-29/h21-26,28-29,36H,13-20H2,1-12H3/t21-,22-,23+,24+,25+,26-,28-,29+,32-/m1/s1. The van der Waals surface area contributed by atoms with Crippen molar-refractivity contribution in [3.63, 3.8) is 0 Å². The van der Waals surface area contributed by atoms with Gasteiger partial charge in [0.2, 0.25) is 0 Å². The molecule has 9 atom stereocenters. The van der Waals surface area contributed by atoms with Crippen molar-refractivity contribution >= 4 is 11.8 Å². The number of esters is 1. The first kappa shape index (κ1) is 37.0. The Balaban J connectivity index is 2.46. The number of ketones is 1. The molecule has 0 aromatic carbocycles. The zero-order valence-electron chi connectivity index (χ0n) is 28.5. The van der Waals surface area contributed by atoms with Crippen LogP contribution in [0.3, 0.4) is 0 Å². The molecule has 1 N–H and O–H groups in total. The molecule has 0 aromatic heterocycles. The van der Waals surface area contributed by atoms with Gasteiger partial charge in [0, 0.05) is 31.7 Å². The minimum absolute atomic E-state index is 0.0295. The van der Waals surface area contributed by atoms with Gasteiger partial charge in [-0.05, 0) is 101 Å². The number of hydrogen-bond donors (Lipinski definition) is 1. The highest BCUT2D eigenvalue weighted by atomic mass is 16.7. The number of carbonyl (C=O) groups excluding carboxylic acids is 2. The lowest BCUT2D eigenvalue weighted by atomic mass is 9.74. The van der Waals surface area contributed by atoms with Gasteiger partial charge in [-0.15, -0.1) is 0 Å². The molecule has 2 saturated heterocycles. The van der Waals surface area contributed by atoms with Crippen LogP contribution in [0.25, 0.3) is 0 Å². The Hall–Kier alpha value is -1.14. The number of aliphatic hydroxyl groups excluding tert-OH is 1. The van der Waals surface area contributed by atoms with Gasteiger partial charge < -0.3 is 33.9 Å². The summed E-state index contributed by atoms with van der Waals surface area (Å²) in [5, 5.41) is 11.3. The molecule has 0 aromatic rings. The van der Waals surface area contributed by atoms with Crippen LogP contribution >= 0.6 is 0 Å². The summed E-state index contributed by atoms with van der Waals surface area (Å²) in [5.74, 6) is -1.40. The SMILES string of the molecule is CCN(C)CCC[C@H]1COC(=O)C(C)(C)C(=O)[C@H](C)[C@@H](O[C@@H]2O[C@H](C)C[C@H](N(C)C)[C@H]2O)[C@](C)(OC)C[C@@H](C)CN1C. The number of likely N-dealkylation sites (N-methyl/N-ethyl adjacent to an activating group) is 2. The quantitative estimate of drug-likeness (QED) is 0.314. The Labute approximate surface area is 255 Å². The fourth-order valence-electron chi connectivity index (χ4n) is 6.65. The molecule has 0 spiro atoms. The highest BCUT2D eigenvalue weighted by molar-refractivity contribution is 6.04. The highest BCUT2D eigenvalue weighted by Crippen LogP contribution is 2.38. The molecule has 10 heteroatoms. The topological polar surface area (TPSA) is 101 Å². The van der Waals surface area contributed by atoms with Crippen molar-refractivity contribution in [2.45, 2.75) is 116 Å². The minimum atomic E-state index is -1.40. The van der Waals surface area contributed by atoms with E-state index in [0.717, 1.165) is 32.5 Å². The van der Waals surface area contributed by atoms with Gasteiger partial charge in [0.25, 0.3) is 0 Å². The molecule has 2 aliphatic heterocycles. The molecule has 2 aliphatic rings. The maximum absolute atomic E-state index is 14.1. The molecule has 0 bridgehead atoms. The van der Waals surface area contributed by atoms with Gasteiger partial charge in [0.1, 0.15) is 18.1 Å². The van der Waals surface area contributed by atoms with Crippen molar-refractivity contribution < 1.29 is 33.6 Å². The predicted octanol–water partition coefficient (Wildman–Crippen LogP) is 3.05. The third-order valence-corrected chi connectivity index (χ3v) is 9.62. The van der Waals surface area contributed by atoms with E-state index in [1.807, 2.05) is 32.8 Å². The van der Waals surface area contributed by atoms with Crippen molar-refractivity contribution in [3.05, 3.63) is 0 Å². The lowest BCUT2D eigenvalue weighted by Gasteiger charge is -2.47. The molecule has 0 radical (unpaired) electrons. The number of cyclic esters (lactones) is 1. The van der Waals surface area contributed by atoms with Gasteiger partial charge >= 0.3 is 5.97 Å². The van der Waals surface area contributed by atoms with Crippen LogP contribution < -0.4 is 0 Å². The number of methoxy groups -OCH3 is 1. The van der Waals surface area contributed by atoms with E-state index in [0.29, 0.717) is 12.8 Å². The van der Waals surface area contributed by atoms with Crippen LogP contribution in [0.1, 0.15) is 74.1 Å². The van der Waals surface area contributed by atoms with E-state index >= 15 is 0 Å². The van der Waals surface area contributed by atoms with E-state index < -0.39 is 41.4 Å². The molecule has 0 amide bonds. The van der Waals surface area contributed by atoms with E-state index in [2.05, 4.69) is 37.7 Å². The molecule has 0 aliphatic carbocycles. The fraction of sp³-hybridized carbons (Fsp3) is 0.938. The third kappa shape index (κ3) is 9.19. The third-order valence-electron chi connectivity index (χ3n) is 9.62. The number of hydrogen-bond acceptors (Lipinski definition) is 10. The Morgan fingerprint density at radius 2 is 1.76 bits per heavy atom. The summed E-state index contributed by atoms with van der Waals surface area (Å²) in [6.07, 6.45) is 0.313. The van der Waals surface area contributed by atoms with Crippen LogP contribution in [0.5, 0.6) is 0 Å². The molecular formula is C32H61N3O7. The maximum Gasteiger partial charge on any atom is 0.319 e. The van der Waals surface area contributed by atoms with Gasteiger partial charge in [0.05, 0.1) is 17.8 Å². The molecule has 2 rings (SSSR count). The first-order valence-corrected chi connectivity index (χ1v) is 15.8. The second-order valence-corrected chi connectivity index (χ2v) is 14.0. The molecular weight excluding hydrogens is 538 g/mol. The van der Waals surface area contributed by atoms with Crippen molar-refractivity contribution in [2.75, 3.05) is 61.5 Å². The van der Waals surface area contributed by atoms with Crippen LogP contribution in [0, 0.1) is 17.3 Å². The molecule has 246 valence electrons. The predicted molar refractivity (Wildman–Crippen MR) is 164 cm³/mol. The van der Waals surface area contributed by atoms with E-state index in [9.17, 15) is 14.7 Å². The van der Waals surface area contributed by atoms with Crippen LogP contribution in [-0.2, 0) is 28.5 Å². The van der Waals surface area contributed by atoms with Crippen LogP contribution in [0.4, 0.5) is 0 Å². The van der Waals surface area contributed by atoms with E-state index in [4.69, 9.17) is 18.9 Å². The Kier molecular flexibility index (Phi) is 13.9. The second-order valence-electron chi connectivity index (χ2n) is 14.0. The number of rotatable bonds is 9. The lowest BCUT2D eigenvalue weighted by Crippen LogP contribution is -2.59. The summed E-state index contributed by atoms with van der Waals surface area (Å²) in [4.78, 5) is 34.1. The van der Waals surface area contributed by atoms with Crippen LogP contribution in [0.2, 0.25) is 0 Å². The summed E-state index contributed by atoms with van der Waals surface area (Å²) < 4.78 is 24.8. The minimum Gasteiger partial charge on any atom is -0.463 e. The highest BCUT2D eigenvalue weighted by Gasteiger charge is 2.51. The average Bonchev–Trinajstić information content (AvgIpc) is 2.92. The normalized spacial score (nSPS) is 37.7. The van der Waals surface area contributed by atoms with Crippen molar-refractivity contribution in [3.8, 4) is 0 Å². The molecule has 0 unspecified atom stereocenters. The van der Waals surface area contributed by atoms with Gasteiger partial charge in [-0.2, -0.15) is 0 Å². The molecule has 2 fully saturated rings. The number of nitrogens with zero attached hydrogens (tertiary/aromatic N) is 3. The first-order valence-electron chi connectivity index (χ1n) is 15.8. The molecule has 42 heavy (non-hydrogen) atoms. The first-order chi connectivity index (χ1) is 19.5. The van der Waals surface area contributed by atoms with E-state index in [1.54, 1.807) is 27.9 Å². The van der Waals surface area contributed by atoms with Crippen LogP contribution in [-0.4, -0.2) is 135 Å². The molecule has 2 heterocycles. The van der Waals surface area contributed by atoms with Gasteiger partial charge in [-0.3, -0.25) is 14.5 Å². The fourth-order valence-corrected chi connectivity index (χ4v) is 6.65. The maximum atomic E-state index is 14.1. The second kappa shape index (κ2) is 15.7. The summed E-state index contributed by atoms with van der Waals surface area (Å²) in [6.45, 7) is 16.2. The van der Waals surface area contributed by atoms with Crippen molar-refractivity contribution in [1.82, 2.24) is 14.7 Å². The monoisotopic (exact) mass is 599 g/mol. The average molecular weight is 600 g/mol. The van der Waals surface area contributed by atoms with E-state index in [-0.39, 0.29) is 36.5 Å². The summed E-state index contributed by atoms with van der Waals surface area (Å²) in [5.41, 5.74) is -2.30. The van der Waals surface area contributed by atoms with Gasteiger partial charge in [-0.25, -0.2) is 0 Å². The van der Waals surface area contributed by atoms with Crippen LogP contribution in [0.15, 0.2) is 0 Å². The zero-order chi connectivity index (χ0) is 32.0. The van der Waals surface area contributed by atoms with E-state index in [1.165, 1.54) is 0 Å². The van der Waals surface area contributed by atoms with Gasteiger partial charge in [0.15, 0.2) is 12.1 Å². The smallest absolute Gasteiger partial charge is 0.319 e. The Morgan fingerprint density at radius 3 is 2.33 bits per heavy atom. The van der Waals surface area contributed by atoms with Crippen molar-refractivity contribution in [2.24, 2.45) is 17.3 Å². The summed E-state index contributed by atoms with van der Waals surface area (Å²) in [6, 6.07) is -0.136. The number of carbonyl (C=O) groups is 2. The number of ether oxygens (including phenoxy) is 4.